The van der Waals surface area contributed by atoms with E-state index in [1.165, 1.54) is 0 Å². The highest BCUT2D eigenvalue weighted by molar-refractivity contribution is 6.06. The second-order valence-electron chi connectivity index (χ2n) is 4.93. The zero-order valence-electron chi connectivity index (χ0n) is 13.3. The minimum atomic E-state index is -0.229. The number of likely N-dealkylation sites (N-methyl/N-ethyl adjacent to an activating group) is 1. The minimum absolute atomic E-state index is 0.0487. The second kappa shape index (κ2) is 7.98. The fourth-order valence-electron chi connectivity index (χ4n) is 2.11. The van der Waals surface area contributed by atoms with E-state index >= 15 is 0 Å². The number of para-hydroxylation sites is 1. The predicted molar refractivity (Wildman–Crippen MR) is 89.8 cm³/mol. The normalized spacial score (nSPS) is 10.0. The van der Waals surface area contributed by atoms with E-state index in [1.54, 1.807) is 37.4 Å². The number of amides is 2. The standard InChI is InChI=1S/C18H20N2O3/c1-3-23-16-7-5-4-6-15(16)18(22)20-14-10-8-13(9-11-14)12-17(21)19-2/h4-11H,3,12H2,1-2H3,(H,19,21)(H,20,22). The quantitative estimate of drug-likeness (QED) is 0.861. The van der Waals surface area contributed by atoms with Gasteiger partial charge in [0.1, 0.15) is 5.75 Å². The molecule has 0 atom stereocenters. The van der Waals surface area contributed by atoms with Gasteiger partial charge in [-0.05, 0) is 36.8 Å². The van der Waals surface area contributed by atoms with Crippen molar-refractivity contribution in [2.24, 2.45) is 0 Å². The van der Waals surface area contributed by atoms with E-state index in [9.17, 15) is 9.59 Å². The zero-order chi connectivity index (χ0) is 16.7. The molecule has 5 heteroatoms. The molecule has 0 radical (unpaired) electrons. The number of anilines is 1. The van der Waals surface area contributed by atoms with Crippen LogP contribution < -0.4 is 15.4 Å². The van der Waals surface area contributed by atoms with Gasteiger partial charge < -0.3 is 15.4 Å². The molecule has 0 saturated carbocycles. The monoisotopic (exact) mass is 312 g/mol. The zero-order valence-corrected chi connectivity index (χ0v) is 13.3. The molecule has 5 nitrogen and oxygen atoms in total. The fourth-order valence-corrected chi connectivity index (χ4v) is 2.11. The van der Waals surface area contributed by atoms with Crippen molar-refractivity contribution in [2.75, 3.05) is 19.0 Å². The first kappa shape index (κ1) is 16.5. The summed E-state index contributed by atoms with van der Waals surface area (Å²) in [6, 6.07) is 14.3. The Balaban J connectivity index is 2.07. The summed E-state index contributed by atoms with van der Waals surface area (Å²) in [6.07, 6.45) is 0.317. The van der Waals surface area contributed by atoms with Crippen LogP contribution in [0.1, 0.15) is 22.8 Å². The van der Waals surface area contributed by atoms with Crippen molar-refractivity contribution in [1.29, 1.82) is 0 Å². The van der Waals surface area contributed by atoms with Gasteiger partial charge in [-0.1, -0.05) is 24.3 Å². The van der Waals surface area contributed by atoms with Crippen molar-refractivity contribution in [3.63, 3.8) is 0 Å². The van der Waals surface area contributed by atoms with Crippen molar-refractivity contribution in [2.45, 2.75) is 13.3 Å². The van der Waals surface area contributed by atoms with Crippen molar-refractivity contribution < 1.29 is 14.3 Å². The molecular weight excluding hydrogens is 292 g/mol. The van der Waals surface area contributed by atoms with Crippen LogP contribution in [-0.2, 0) is 11.2 Å². The molecule has 2 aromatic rings. The molecule has 0 bridgehead atoms. The van der Waals surface area contributed by atoms with Crippen LogP contribution in [0.25, 0.3) is 0 Å². The summed E-state index contributed by atoms with van der Waals surface area (Å²) in [5.41, 5.74) is 2.04. The largest absolute Gasteiger partial charge is 0.493 e. The Morgan fingerprint density at radius 2 is 1.74 bits per heavy atom. The van der Waals surface area contributed by atoms with E-state index in [4.69, 9.17) is 4.74 Å². The molecule has 0 aliphatic rings. The van der Waals surface area contributed by atoms with Gasteiger partial charge >= 0.3 is 0 Å². The van der Waals surface area contributed by atoms with Gasteiger partial charge in [0.05, 0.1) is 18.6 Å². The van der Waals surface area contributed by atoms with E-state index in [0.717, 1.165) is 5.56 Å². The Bertz CT molecular complexity index is 681. The summed E-state index contributed by atoms with van der Waals surface area (Å²) in [5, 5.41) is 5.41. The third-order valence-corrected chi connectivity index (χ3v) is 3.29. The Kier molecular flexibility index (Phi) is 5.74. The lowest BCUT2D eigenvalue weighted by atomic mass is 10.1. The average Bonchev–Trinajstić information content (AvgIpc) is 2.57. The molecule has 0 aliphatic carbocycles. The molecule has 23 heavy (non-hydrogen) atoms. The lowest BCUT2D eigenvalue weighted by molar-refractivity contribution is -0.119. The first-order valence-corrected chi connectivity index (χ1v) is 7.46. The molecule has 120 valence electrons. The molecule has 0 fully saturated rings. The SMILES string of the molecule is CCOc1ccccc1C(=O)Nc1ccc(CC(=O)NC)cc1. The first-order chi connectivity index (χ1) is 11.1. The number of carbonyl (C=O) groups is 2. The van der Waals surface area contributed by atoms with Gasteiger partial charge in [-0.2, -0.15) is 0 Å². The minimum Gasteiger partial charge on any atom is -0.493 e. The van der Waals surface area contributed by atoms with Crippen molar-refractivity contribution >= 4 is 17.5 Å². The molecule has 0 heterocycles. The van der Waals surface area contributed by atoms with Crippen molar-refractivity contribution in [3.05, 3.63) is 59.7 Å². The van der Waals surface area contributed by atoms with E-state index in [-0.39, 0.29) is 11.8 Å². The number of hydrogen-bond donors (Lipinski definition) is 2. The maximum absolute atomic E-state index is 12.4. The summed E-state index contributed by atoms with van der Waals surface area (Å²) in [4.78, 5) is 23.7. The lowest BCUT2D eigenvalue weighted by Gasteiger charge is -2.10. The Morgan fingerprint density at radius 1 is 1.04 bits per heavy atom. The first-order valence-electron chi connectivity index (χ1n) is 7.46. The van der Waals surface area contributed by atoms with Crippen LogP contribution in [0, 0.1) is 0 Å². The molecule has 2 rings (SSSR count). The van der Waals surface area contributed by atoms with Crippen LogP contribution in [0.3, 0.4) is 0 Å². The van der Waals surface area contributed by atoms with Crippen LogP contribution in [0.5, 0.6) is 5.75 Å². The van der Waals surface area contributed by atoms with E-state index in [2.05, 4.69) is 10.6 Å². The van der Waals surface area contributed by atoms with Gasteiger partial charge in [-0.25, -0.2) is 0 Å². The molecule has 2 amide bonds. The van der Waals surface area contributed by atoms with Crippen LogP contribution in [0.2, 0.25) is 0 Å². The van der Waals surface area contributed by atoms with Gasteiger partial charge in [0.15, 0.2) is 0 Å². The predicted octanol–water partition coefficient (Wildman–Crippen LogP) is 2.63. The van der Waals surface area contributed by atoms with Crippen LogP contribution in [0.15, 0.2) is 48.5 Å². The number of rotatable bonds is 6. The number of ether oxygens (including phenoxy) is 1. The third-order valence-electron chi connectivity index (χ3n) is 3.29. The van der Waals surface area contributed by atoms with Gasteiger partial charge in [0, 0.05) is 12.7 Å². The van der Waals surface area contributed by atoms with E-state index in [1.807, 2.05) is 25.1 Å². The van der Waals surface area contributed by atoms with Gasteiger partial charge in [-0.3, -0.25) is 9.59 Å². The van der Waals surface area contributed by atoms with Crippen molar-refractivity contribution in [1.82, 2.24) is 5.32 Å². The highest BCUT2D eigenvalue weighted by Gasteiger charge is 2.12. The van der Waals surface area contributed by atoms with Crippen LogP contribution in [0.4, 0.5) is 5.69 Å². The summed E-state index contributed by atoms with van der Waals surface area (Å²) in [6.45, 7) is 2.37. The summed E-state index contributed by atoms with van der Waals surface area (Å²) >= 11 is 0. The summed E-state index contributed by atoms with van der Waals surface area (Å²) in [7, 11) is 1.60. The molecule has 2 N–H and O–H groups in total. The molecule has 0 saturated heterocycles. The van der Waals surface area contributed by atoms with Crippen molar-refractivity contribution in [3.8, 4) is 5.75 Å². The highest BCUT2D eigenvalue weighted by Crippen LogP contribution is 2.20. The number of nitrogens with one attached hydrogen (secondary N) is 2. The topological polar surface area (TPSA) is 67.4 Å². The Morgan fingerprint density at radius 3 is 2.39 bits per heavy atom. The van der Waals surface area contributed by atoms with Gasteiger partial charge in [0.2, 0.25) is 5.91 Å². The maximum Gasteiger partial charge on any atom is 0.259 e. The number of benzene rings is 2. The van der Waals surface area contributed by atoms with Gasteiger partial charge in [0.25, 0.3) is 5.91 Å². The Labute approximate surface area is 135 Å². The molecule has 2 aromatic carbocycles. The second-order valence-corrected chi connectivity index (χ2v) is 4.93. The van der Waals surface area contributed by atoms with E-state index in [0.29, 0.717) is 30.0 Å². The van der Waals surface area contributed by atoms with E-state index < -0.39 is 0 Å². The van der Waals surface area contributed by atoms with Crippen LogP contribution >= 0.6 is 0 Å². The smallest absolute Gasteiger partial charge is 0.259 e. The molecule has 0 unspecified atom stereocenters. The average molecular weight is 312 g/mol. The molecule has 0 aromatic heterocycles. The van der Waals surface area contributed by atoms with Gasteiger partial charge in [-0.15, -0.1) is 0 Å². The molecular formula is C18H20N2O3. The fraction of sp³-hybridized carbons (Fsp3) is 0.222. The lowest BCUT2D eigenvalue weighted by Crippen LogP contribution is -2.19. The van der Waals surface area contributed by atoms with Crippen LogP contribution in [-0.4, -0.2) is 25.5 Å². The Hall–Kier alpha value is -2.82. The summed E-state index contributed by atoms with van der Waals surface area (Å²) < 4.78 is 5.47. The number of hydrogen-bond acceptors (Lipinski definition) is 3. The third kappa shape index (κ3) is 4.57. The number of carbonyl (C=O) groups excluding carboxylic acids is 2. The highest BCUT2D eigenvalue weighted by atomic mass is 16.5. The molecule has 0 spiro atoms. The summed E-state index contributed by atoms with van der Waals surface area (Å²) in [5.74, 6) is 0.282. The molecule has 0 aliphatic heterocycles. The maximum atomic E-state index is 12.4.